The van der Waals surface area contributed by atoms with E-state index in [1.165, 1.54) is 34.3 Å². The number of aliphatic imine (C=N–C) groups is 1. The van der Waals surface area contributed by atoms with E-state index in [9.17, 15) is 0 Å². The third-order valence-electron chi connectivity index (χ3n) is 4.88. The van der Waals surface area contributed by atoms with Crippen molar-refractivity contribution in [2.75, 3.05) is 0 Å². The van der Waals surface area contributed by atoms with Gasteiger partial charge in [-0.05, 0) is 74.2 Å². The maximum absolute atomic E-state index is 4.30. The van der Waals surface area contributed by atoms with Crippen molar-refractivity contribution in [3.8, 4) is 0 Å². The minimum Gasteiger partial charge on any atom is -0.269 e. The molecule has 0 saturated heterocycles. The van der Waals surface area contributed by atoms with Crippen molar-refractivity contribution in [2.24, 2.45) is 10.9 Å². The summed E-state index contributed by atoms with van der Waals surface area (Å²) < 4.78 is 0. The van der Waals surface area contributed by atoms with Gasteiger partial charge in [0, 0.05) is 12.4 Å². The van der Waals surface area contributed by atoms with E-state index in [2.05, 4.69) is 69.1 Å². The van der Waals surface area contributed by atoms with Gasteiger partial charge in [0.2, 0.25) is 0 Å². The van der Waals surface area contributed by atoms with Gasteiger partial charge in [-0.1, -0.05) is 55.8 Å². The average molecular weight is 322 g/mol. The quantitative estimate of drug-likeness (QED) is 0.513. The van der Waals surface area contributed by atoms with Crippen LogP contribution in [0.4, 0.5) is 0 Å². The number of allylic oxidation sites excluding steroid dienone is 5. The SMILES string of the molecule is C/C=N\C=C(/C)C1=CCCC=C1C(C)CC(C)c1cccc(C)c1. The minimum atomic E-state index is 0.556. The van der Waals surface area contributed by atoms with E-state index >= 15 is 0 Å². The van der Waals surface area contributed by atoms with Gasteiger partial charge in [-0.25, -0.2) is 0 Å². The summed E-state index contributed by atoms with van der Waals surface area (Å²) in [5.41, 5.74) is 6.97. The molecule has 0 saturated carbocycles. The molecule has 1 nitrogen and oxygen atoms in total. The first kappa shape index (κ1) is 18.4. The molecule has 0 spiro atoms. The first-order valence-corrected chi connectivity index (χ1v) is 9.15. The largest absolute Gasteiger partial charge is 0.269 e. The van der Waals surface area contributed by atoms with Gasteiger partial charge < -0.3 is 0 Å². The Morgan fingerprint density at radius 2 is 1.92 bits per heavy atom. The van der Waals surface area contributed by atoms with Crippen molar-refractivity contribution in [3.05, 3.63) is 70.5 Å². The Kier molecular flexibility index (Phi) is 6.78. The van der Waals surface area contributed by atoms with Crippen molar-refractivity contribution >= 4 is 6.21 Å². The number of hydrogen-bond acceptors (Lipinski definition) is 1. The fraction of sp³-hybridized carbons (Fsp3) is 0.435. The first-order chi connectivity index (χ1) is 11.5. The van der Waals surface area contributed by atoms with E-state index in [1.54, 1.807) is 0 Å². The van der Waals surface area contributed by atoms with Crippen LogP contribution in [0.15, 0.2) is 64.3 Å². The normalized spacial score (nSPS) is 18.3. The number of benzene rings is 1. The average Bonchev–Trinajstić information content (AvgIpc) is 2.59. The molecule has 0 aromatic heterocycles. The highest BCUT2D eigenvalue weighted by Gasteiger charge is 2.19. The highest BCUT2D eigenvalue weighted by molar-refractivity contribution is 5.55. The molecule has 0 fully saturated rings. The molecule has 2 unspecified atom stereocenters. The van der Waals surface area contributed by atoms with Gasteiger partial charge in [0.05, 0.1) is 0 Å². The van der Waals surface area contributed by atoms with E-state index in [0.717, 1.165) is 12.8 Å². The molecular formula is C23H31N. The second-order valence-electron chi connectivity index (χ2n) is 7.03. The van der Waals surface area contributed by atoms with Crippen LogP contribution in [0.2, 0.25) is 0 Å². The molecule has 0 radical (unpaired) electrons. The Hall–Kier alpha value is -1.89. The molecule has 2 atom stereocenters. The molecule has 2 rings (SSSR count). The predicted molar refractivity (Wildman–Crippen MR) is 107 cm³/mol. The summed E-state index contributed by atoms with van der Waals surface area (Å²) in [6.07, 6.45) is 12.1. The Balaban J connectivity index is 2.14. The van der Waals surface area contributed by atoms with Crippen LogP contribution < -0.4 is 0 Å². The lowest BCUT2D eigenvalue weighted by atomic mass is 9.80. The maximum atomic E-state index is 4.30. The van der Waals surface area contributed by atoms with Crippen LogP contribution in [-0.4, -0.2) is 6.21 Å². The molecule has 0 heterocycles. The molecular weight excluding hydrogens is 290 g/mol. The van der Waals surface area contributed by atoms with Crippen LogP contribution in [-0.2, 0) is 0 Å². The molecule has 0 bridgehead atoms. The van der Waals surface area contributed by atoms with Crippen LogP contribution in [0.5, 0.6) is 0 Å². The molecule has 1 aromatic rings. The van der Waals surface area contributed by atoms with Gasteiger partial charge in [-0.3, -0.25) is 4.99 Å². The highest BCUT2D eigenvalue weighted by atomic mass is 14.7. The molecule has 0 aliphatic heterocycles. The van der Waals surface area contributed by atoms with Crippen LogP contribution >= 0.6 is 0 Å². The Morgan fingerprint density at radius 3 is 2.62 bits per heavy atom. The highest BCUT2D eigenvalue weighted by Crippen LogP contribution is 2.35. The van der Waals surface area contributed by atoms with E-state index < -0.39 is 0 Å². The summed E-state index contributed by atoms with van der Waals surface area (Å²) >= 11 is 0. The Morgan fingerprint density at radius 1 is 1.17 bits per heavy atom. The smallest absolute Gasteiger partial charge is 0.0298 e. The fourth-order valence-electron chi connectivity index (χ4n) is 3.58. The van der Waals surface area contributed by atoms with Gasteiger partial charge in [-0.15, -0.1) is 0 Å². The van der Waals surface area contributed by atoms with Crippen LogP contribution in [0.25, 0.3) is 0 Å². The standard InChI is InChI=1S/C23H31N/c1-6-24-16-20(5)23-13-8-7-12-22(23)19(4)15-18(3)21-11-9-10-17(2)14-21/h6,9-14,16,18-19H,7-8,15H2,1-5H3/b20-16+,24-6-. The van der Waals surface area contributed by atoms with Crippen molar-refractivity contribution < 1.29 is 0 Å². The van der Waals surface area contributed by atoms with E-state index in [1.807, 2.05) is 19.3 Å². The molecule has 24 heavy (non-hydrogen) atoms. The number of nitrogens with zero attached hydrogens (tertiary/aromatic N) is 1. The van der Waals surface area contributed by atoms with Crippen molar-refractivity contribution in [2.45, 2.75) is 59.8 Å². The summed E-state index contributed by atoms with van der Waals surface area (Å²) in [6.45, 7) is 11.0. The molecule has 1 aliphatic carbocycles. The van der Waals surface area contributed by atoms with Gasteiger partial charge >= 0.3 is 0 Å². The van der Waals surface area contributed by atoms with E-state index in [-0.39, 0.29) is 0 Å². The third-order valence-corrected chi connectivity index (χ3v) is 4.88. The lowest BCUT2D eigenvalue weighted by Crippen LogP contribution is -2.10. The third kappa shape index (κ3) is 4.80. The zero-order valence-electron chi connectivity index (χ0n) is 15.8. The molecule has 128 valence electrons. The summed E-state index contributed by atoms with van der Waals surface area (Å²) in [5.74, 6) is 1.13. The minimum absolute atomic E-state index is 0.556. The van der Waals surface area contributed by atoms with Gasteiger partial charge in [0.1, 0.15) is 0 Å². The second kappa shape index (κ2) is 8.82. The fourth-order valence-corrected chi connectivity index (χ4v) is 3.58. The molecule has 1 heteroatoms. The second-order valence-corrected chi connectivity index (χ2v) is 7.03. The van der Waals surface area contributed by atoms with E-state index in [4.69, 9.17) is 0 Å². The van der Waals surface area contributed by atoms with Crippen molar-refractivity contribution in [1.82, 2.24) is 0 Å². The van der Waals surface area contributed by atoms with Gasteiger partial charge in [0.15, 0.2) is 0 Å². The van der Waals surface area contributed by atoms with Crippen LogP contribution in [0.1, 0.15) is 64.0 Å². The van der Waals surface area contributed by atoms with Crippen LogP contribution in [0.3, 0.4) is 0 Å². The summed E-state index contributed by atoms with van der Waals surface area (Å²) in [7, 11) is 0. The zero-order chi connectivity index (χ0) is 17.5. The lowest BCUT2D eigenvalue weighted by molar-refractivity contribution is 0.545. The lowest BCUT2D eigenvalue weighted by Gasteiger charge is -2.25. The Bertz CT molecular complexity index is 673. The monoisotopic (exact) mass is 321 g/mol. The summed E-state index contributed by atoms with van der Waals surface area (Å²) in [5, 5.41) is 0. The number of aryl methyl sites for hydroxylation is 1. The van der Waals surface area contributed by atoms with Gasteiger partial charge in [-0.2, -0.15) is 0 Å². The zero-order valence-corrected chi connectivity index (χ0v) is 15.8. The van der Waals surface area contributed by atoms with Gasteiger partial charge in [0.25, 0.3) is 0 Å². The number of rotatable bonds is 6. The topological polar surface area (TPSA) is 12.4 Å². The molecule has 1 aliphatic rings. The molecule has 1 aromatic carbocycles. The Labute approximate surface area is 147 Å². The predicted octanol–water partition coefficient (Wildman–Crippen LogP) is 6.77. The van der Waals surface area contributed by atoms with E-state index in [0.29, 0.717) is 11.8 Å². The molecule has 0 N–H and O–H groups in total. The first-order valence-electron chi connectivity index (χ1n) is 9.15. The van der Waals surface area contributed by atoms with Crippen molar-refractivity contribution in [1.29, 1.82) is 0 Å². The summed E-state index contributed by atoms with van der Waals surface area (Å²) in [6, 6.07) is 8.93. The van der Waals surface area contributed by atoms with Crippen LogP contribution in [0, 0.1) is 12.8 Å². The summed E-state index contributed by atoms with van der Waals surface area (Å²) in [4.78, 5) is 4.30. The van der Waals surface area contributed by atoms with Crippen molar-refractivity contribution in [3.63, 3.8) is 0 Å². The molecule has 0 amide bonds. The number of hydrogen-bond donors (Lipinski definition) is 0. The maximum Gasteiger partial charge on any atom is 0.0298 e.